The van der Waals surface area contributed by atoms with Gasteiger partial charge in [0.05, 0.1) is 19.3 Å². The van der Waals surface area contributed by atoms with Crippen molar-refractivity contribution in [3.63, 3.8) is 0 Å². The van der Waals surface area contributed by atoms with Gasteiger partial charge in [-0.25, -0.2) is 0 Å². The Morgan fingerprint density at radius 2 is 1.94 bits per heavy atom. The van der Waals surface area contributed by atoms with E-state index < -0.39 is 0 Å². The van der Waals surface area contributed by atoms with Crippen molar-refractivity contribution in [3.05, 3.63) is 64.3 Å². The fourth-order valence-electron chi connectivity index (χ4n) is 4.22. The summed E-state index contributed by atoms with van der Waals surface area (Å²) >= 11 is 0. The van der Waals surface area contributed by atoms with Crippen molar-refractivity contribution in [1.29, 1.82) is 0 Å². The summed E-state index contributed by atoms with van der Waals surface area (Å²) in [7, 11) is 1.62. The lowest BCUT2D eigenvalue weighted by atomic mass is 9.94. The van der Waals surface area contributed by atoms with Crippen LogP contribution in [0.15, 0.2) is 36.4 Å². The van der Waals surface area contributed by atoms with E-state index >= 15 is 0 Å². The van der Waals surface area contributed by atoms with Crippen LogP contribution in [0.3, 0.4) is 0 Å². The summed E-state index contributed by atoms with van der Waals surface area (Å²) < 4.78 is 10.8. The number of ether oxygens (including phenoxy) is 2. The predicted octanol–water partition coefficient (Wildman–Crippen LogP) is 3.99. The average Bonchev–Trinajstić information content (AvgIpc) is 3.29. The third-order valence-electron chi connectivity index (χ3n) is 5.61. The molecular formula is C24H27N3O4. The van der Waals surface area contributed by atoms with Gasteiger partial charge in [0.25, 0.3) is 5.91 Å². The molecule has 1 aliphatic heterocycles. The number of aromatic nitrogens is 2. The number of hydrogen-bond donors (Lipinski definition) is 2. The zero-order valence-corrected chi connectivity index (χ0v) is 18.2. The molecule has 0 spiro atoms. The third-order valence-corrected chi connectivity index (χ3v) is 5.61. The van der Waals surface area contributed by atoms with Crippen LogP contribution in [0.25, 0.3) is 11.3 Å². The number of hydrogen-bond acceptors (Lipinski definition) is 5. The number of phenolic OH excluding ortho intramolecular Hbond substituents is 1. The number of phenols is 1. The molecular weight excluding hydrogens is 394 g/mol. The first-order valence-corrected chi connectivity index (χ1v) is 10.4. The number of aromatic hydroxyl groups is 1. The van der Waals surface area contributed by atoms with Crippen molar-refractivity contribution >= 4 is 5.91 Å². The molecule has 1 aliphatic rings. The van der Waals surface area contributed by atoms with Crippen molar-refractivity contribution in [2.24, 2.45) is 0 Å². The Labute approximate surface area is 181 Å². The van der Waals surface area contributed by atoms with Crippen molar-refractivity contribution in [2.45, 2.75) is 26.8 Å². The number of rotatable bonds is 7. The summed E-state index contributed by atoms with van der Waals surface area (Å²) in [6.07, 6.45) is 0. The van der Waals surface area contributed by atoms with Crippen LogP contribution < -0.4 is 4.74 Å². The molecule has 7 nitrogen and oxygen atoms in total. The topological polar surface area (TPSA) is 87.7 Å². The smallest absolute Gasteiger partial charge is 0.273 e. The second-order valence-corrected chi connectivity index (χ2v) is 7.73. The number of nitrogens with one attached hydrogen (secondary N) is 1. The second-order valence-electron chi connectivity index (χ2n) is 7.73. The maximum atomic E-state index is 13.2. The number of benzene rings is 2. The van der Waals surface area contributed by atoms with E-state index in [0.29, 0.717) is 36.7 Å². The SMILES string of the molecule is CCOc1ccc(C2c3c(-c4cc(C)cc(C)c4O)n[nH]c3C(=O)N2CCOC)cc1. The van der Waals surface area contributed by atoms with Gasteiger partial charge < -0.3 is 19.5 Å². The Morgan fingerprint density at radius 1 is 1.19 bits per heavy atom. The Bertz CT molecular complexity index is 1100. The summed E-state index contributed by atoms with van der Waals surface area (Å²) in [6, 6.07) is 11.2. The number of aromatic amines is 1. The molecule has 0 saturated heterocycles. The van der Waals surface area contributed by atoms with Crippen LogP contribution in [0.4, 0.5) is 0 Å². The maximum Gasteiger partial charge on any atom is 0.273 e. The van der Waals surface area contributed by atoms with Gasteiger partial charge in [-0.3, -0.25) is 9.89 Å². The highest BCUT2D eigenvalue weighted by Gasteiger charge is 2.42. The van der Waals surface area contributed by atoms with Gasteiger partial charge in [-0.2, -0.15) is 5.10 Å². The number of carbonyl (C=O) groups excluding carboxylic acids is 1. The maximum absolute atomic E-state index is 13.2. The lowest BCUT2D eigenvalue weighted by molar-refractivity contribution is 0.0677. The van der Waals surface area contributed by atoms with Gasteiger partial charge in [0.15, 0.2) is 0 Å². The van der Waals surface area contributed by atoms with Crippen LogP contribution in [-0.4, -0.2) is 53.0 Å². The Balaban J connectivity index is 1.86. The minimum Gasteiger partial charge on any atom is -0.507 e. The highest BCUT2D eigenvalue weighted by Crippen LogP contribution is 2.45. The van der Waals surface area contributed by atoms with Gasteiger partial charge in [0.1, 0.15) is 22.9 Å². The molecule has 2 aromatic carbocycles. The quantitative estimate of drug-likeness (QED) is 0.602. The van der Waals surface area contributed by atoms with E-state index in [1.807, 2.05) is 57.2 Å². The van der Waals surface area contributed by atoms with Gasteiger partial charge >= 0.3 is 0 Å². The molecule has 3 aromatic rings. The van der Waals surface area contributed by atoms with E-state index in [-0.39, 0.29) is 17.7 Å². The normalized spacial score (nSPS) is 15.4. The molecule has 0 saturated carbocycles. The van der Waals surface area contributed by atoms with Crippen LogP contribution in [0.1, 0.15) is 45.7 Å². The number of H-pyrrole nitrogens is 1. The number of fused-ring (bicyclic) bond motifs is 1. The van der Waals surface area contributed by atoms with Gasteiger partial charge in [0, 0.05) is 24.8 Å². The van der Waals surface area contributed by atoms with Gasteiger partial charge in [-0.05, 0) is 55.7 Å². The minimum atomic E-state index is -0.345. The summed E-state index contributed by atoms with van der Waals surface area (Å²) in [5, 5.41) is 18.1. The van der Waals surface area contributed by atoms with Gasteiger partial charge in [-0.15, -0.1) is 0 Å². The van der Waals surface area contributed by atoms with E-state index in [2.05, 4.69) is 10.2 Å². The second kappa shape index (κ2) is 8.43. The molecule has 0 aliphatic carbocycles. The van der Waals surface area contributed by atoms with Crippen LogP contribution in [0.5, 0.6) is 11.5 Å². The molecule has 162 valence electrons. The van der Waals surface area contributed by atoms with Crippen LogP contribution in [0, 0.1) is 13.8 Å². The molecule has 1 aromatic heterocycles. The molecule has 0 bridgehead atoms. The highest BCUT2D eigenvalue weighted by molar-refractivity contribution is 6.00. The summed E-state index contributed by atoms with van der Waals surface area (Å²) in [6.45, 7) is 7.22. The monoisotopic (exact) mass is 421 g/mol. The van der Waals surface area contributed by atoms with E-state index in [1.54, 1.807) is 12.0 Å². The van der Waals surface area contributed by atoms with Gasteiger partial charge in [0.2, 0.25) is 0 Å². The van der Waals surface area contributed by atoms with E-state index in [4.69, 9.17) is 9.47 Å². The number of methoxy groups -OCH3 is 1. The van der Waals surface area contributed by atoms with Crippen molar-refractivity contribution < 1.29 is 19.4 Å². The minimum absolute atomic E-state index is 0.131. The lowest BCUT2D eigenvalue weighted by Crippen LogP contribution is -2.32. The predicted molar refractivity (Wildman–Crippen MR) is 118 cm³/mol. The summed E-state index contributed by atoms with van der Waals surface area (Å²) in [4.78, 5) is 15.0. The molecule has 4 rings (SSSR count). The molecule has 0 fully saturated rings. The Morgan fingerprint density at radius 3 is 2.61 bits per heavy atom. The Kier molecular flexibility index (Phi) is 5.69. The van der Waals surface area contributed by atoms with Crippen molar-refractivity contribution in [3.8, 4) is 22.8 Å². The first-order valence-electron chi connectivity index (χ1n) is 10.4. The molecule has 2 N–H and O–H groups in total. The zero-order chi connectivity index (χ0) is 22.1. The van der Waals surface area contributed by atoms with Crippen LogP contribution in [-0.2, 0) is 4.74 Å². The fourth-order valence-corrected chi connectivity index (χ4v) is 4.22. The Hall–Kier alpha value is -3.32. The number of aryl methyl sites for hydroxylation is 2. The molecule has 0 radical (unpaired) electrons. The van der Waals surface area contributed by atoms with Crippen molar-refractivity contribution in [1.82, 2.24) is 15.1 Å². The third kappa shape index (κ3) is 3.65. The lowest BCUT2D eigenvalue weighted by Gasteiger charge is -2.26. The molecule has 2 heterocycles. The molecule has 1 amide bonds. The van der Waals surface area contributed by atoms with E-state index in [1.165, 1.54) is 0 Å². The summed E-state index contributed by atoms with van der Waals surface area (Å²) in [5.41, 5.74) is 5.15. The standard InChI is InChI=1S/C24H27N3O4/c1-5-31-17-8-6-16(7-9-17)22-19-20(18-13-14(2)12-15(3)23(18)28)25-26-21(19)24(29)27(22)10-11-30-4/h6-9,12-13,22,28H,5,10-11H2,1-4H3,(H,25,26). The number of carbonyl (C=O) groups is 1. The van der Waals surface area contributed by atoms with E-state index in [9.17, 15) is 9.90 Å². The zero-order valence-electron chi connectivity index (χ0n) is 18.2. The molecule has 31 heavy (non-hydrogen) atoms. The van der Waals surface area contributed by atoms with Crippen LogP contribution in [0.2, 0.25) is 0 Å². The summed E-state index contributed by atoms with van der Waals surface area (Å²) in [5.74, 6) is 0.820. The number of nitrogens with zero attached hydrogens (tertiary/aromatic N) is 2. The van der Waals surface area contributed by atoms with Gasteiger partial charge in [-0.1, -0.05) is 18.2 Å². The average molecular weight is 421 g/mol. The first-order chi connectivity index (χ1) is 15.0. The first kappa shape index (κ1) is 20.9. The van der Waals surface area contributed by atoms with Crippen LogP contribution >= 0.6 is 0 Å². The molecule has 1 atom stereocenters. The fraction of sp³-hybridized carbons (Fsp3) is 0.333. The highest BCUT2D eigenvalue weighted by atomic mass is 16.5. The molecule has 7 heteroatoms. The molecule has 1 unspecified atom stereocenters. The van der Waals surface area contributed by atoms with Crippen molar-refractivity contribution in [2.75, 3.05) is 26.9 Å². The van der Waals surface area contributed by atoms with E-state index in [0.717, 1.165) is 28.0 Å². The number of amides is 1. The largest absolute Gasteiger partial charge is 0.507 e.